The summed E-state index contributed by atoms with van der Waals surface area (Å²) in [6.45, 7) is 10.9. The zero-order valence-electron chi connectivity index (χ0n) is 15.0. The van der Waals surface area contributed by atoms with E-state index in [1.54, 1.807) is 19.9 Å². The van der Waals surface area contributed by atoms with E-state index in [4.69, 9.17) is 9.31 Å². The van der Waals surface area contributed by atoms with Crippen molar-refractivity contribution in [1.29, 1.82) is 0 Å². The van der Waals surface area contributed by atoms with E-state index in [0.29, 0.717) is 11.0 Å². The molecule has 1 aliphatic heterocycles. The van der Waals surface area contributed by atoms with E-state index in [1.807, 2.05) is 27.7 Å². The van der Waals surface area contributed by atoms with Gasteiger partial charge < -0.3 is 9.31 Å². The van der Waals surface area contributed by atoms with Gasteiger partial charge in [0.1, 0.15) is 5.82 Å². The molecule has 0 amide bonds. The Morgan fingerprint density at radius 2 is 1.67 bits per heavy atom. The van der Waals surface area contributed by atoms with Crippen LogP contribution in [0.25, 0.3) is 0 Å². The van der Waals surface area contributed by atoms with Crippen LogP contribution in [-0.4, -0.2) is 32.0 Å². The summed E-state index contributed by atoms with van der Waals surface area (Å²) in [6.07, 6.45) is 0. The topological polar surface area (TPSA) is 64.6 Å². The summed E-state index contributed by atoms with van der Waals surface area (Å²) in [5, 5.41) is -0.548. The molecular weight excluding hydrogens is 332 g/mol. The molecule has 0 radical (unpaired) electrons. The zero-order valence-corrected chi connectivity index (χ0v) is 15.8. The molecule has 0 atom stereocenters. The number of hydrogen-bond donors (Lipinski definition) is 1. The highest BCUT2D eigenvalue weighted by atomic mass is 32.2. The summed E-state index contributed by atoms with van der Waals surface area (Å²) in [7, 11) is -4.10. The van der Waals surface area contributed by atoms with Crippen LogP contribution in [0.4, 0.5) is 4.39 Å². The Hall–Kier alpha value is -0.955. The quantitative estimate of drug-likeness (QED) is 0.819. The van der Waals surface area contributed by atoms with Gasteiger partial charge in [-0.3, -0.25) is 0 Å². The van der Waals surface area contributed by atoms with Gasteiger partial charge in [-0.05, 0) is 64.7 Å². The molecule has 0 bridgehead atoms. The van der Waals surface area contributed by atoms with Crippen LogP contribution in [0.1, 0.15) is 47.1 Å². The Labute approximate surface area is 144 Å². The second-order valence-corrected chi connectivity index (χ2v) is 9.72. The second kappa shape index (κ2) is 6.40. The molecule has 1 saturated heterocycles. The standard InChI is InChI=1S/C16H25BFNO4S/c1-11(2)24(20,21)19-10-12-7-13(9-14(18)8-12)17-22-15(3,4)16(5,6)23-17/h7-9,11,19H,10H2,1-6H3. The van der Waals surface area contributed by atoms with E-state index in [9.17, 15) is 12.8 Å². The molecule has 2 rings (SSSR count). The van der Waals surface area contributed by atoms with Crippen LogP contribution >= 0.6 is 0 Å². The SMILES string of the molecule is CC(C)S(=O)(=O)NCc1cc(F)cc(B2OC(C)(C)C(C)(C)O2)c1. The van der Waals surface area contributed by atoms with E-state index in [1.165, 1.54) is 12.1 Å². The number of nitrogens with one attached hydrogen (secondary N) is 1. The molecule has 1 aromatic carbocycles. The van der Waals surface area contributed by atoms with E-state index >= 15 is 0 Å². The first kappa shape index (κ1) is 19.4. The number of benzene rings is 1. The van der Waals surface area contributed by atoms with Crippen molar-refractivity contribution in [3.8, 4) is 0 Å². The third-order valence-corrected chi connectivity index (χ3v) is 6.39. The van der Waals surface area contributed by atoms with Gasteiger partial charge in [-0.2, -0.15) is 0 Å². The highest BCUT2D eigenvalue weighted by Gasteiger charge is 2.51. The number of hydrogen-bond acceptors (Lipinski definition) is 4. The van der Waals surface area contributed by atoms with Crippen LogP contribution in [0, 0.1) is 5.82 Å². The lowest BCUT2D eigenvalue weighted by Crippen LogP contribution is -2.41. The summed E-state index contributed by atoms with van der Waals surface area (Å²) in [4.78, 5) is 0. The summed E-state index contributed by atoms with van der Waals surface area (Å²) in [5.74, 6) is -0.457. The molecule has 0 spiro atoms. The molecule has 0 aliphatic carbocycles. The fourth-order valence-corrected chi connectivity index (χ4v) is 2.94. The first-order valence-electron chi connectivity index (χ1n) is 7.97. The molecule has 1 aliphatic rings. The Morgan fingerprint density at radius 3 is 2.17 bits per heavy atom. The van der Waals surface area contributed by atoms with E-state index < -0.39 is 39.4 Å². The molecule has 1 N–H and O–H groups in total. The Balaban J connectivity index is 2.21. The first-order chi connectivity index (χ1) is 10.8. The monoisotopic (exact) mass is 357 g/mol. The van der Waals surface area contributed by atoms with E-state index in [0.717, 1.165) is 0 Å². The minimum atomic E-state index is -3.41. The van der Waals surface area contributed by atoms with Gasteiger partial charge in [-0.15, -0.1) is 0 Å². The predicted octanol–water partition coefficient (Wildman–Crippen LogP) is 1.95. The summed E-state index contributed by atoms with van der Waals surface area (Å²) < 4.78 is 52.0. The maximum absolute atomic E-state index is 14.0. The smallest absolute Gasteiger partial charge is 0.399 e. The number of halogens is 1. The molecule has 0 aromatic heterocycles. The van der Waals surface area contributed by atoms with Gasteiger partial charge in [-0.25, -0.2) is 17.5 Å². The van der Waals surface area contributed by atoms with Crippen LogP contribution in [0.5, 0.6) is 0 Å². The van der Waals surface area contributed by atoms with Gasteiger partial charge in [0.25, 0.3) is 0 Å². The Kier molecular flexibility index (Phi) is 5.17. The van der Waals surface area contributed by atoms with Gasteiger partial charge in [0.05, 0.1) is 16.5 Å². The lowest BCUT2D eigenvalue weighted by molar-refractivity contribution is 0.00578. The van der Waals surface area contributed by atoms with Crippen molar-refractivity contribution in [1.82, 2.24) is 4.72 Å². The molecular formula is C16H25BFNO4S. The van der Waals surface area contributed by atoms with Gasteiger partial charge in [-0.1, -0.05) is 6.07 Å². The maximum Gasteiger partial charge on any atom is 0.494 e. The van der Waals surface area contributed by atoms with Crippen LogP contribution in [0.3, 0.4) is 0 Å². The Bertz CT molecular complexity index is 703. The average Bonchev–Trinajstić information content (AvgIpc) is 2.65. The molecule has 1 heterocycles. The van der Waals surface area contributed by atoms with Crippen LogP contribution < -0.4 is 10.2 Å². The molecule has 1 aromatic rings. The lowest BCUT2D eigenvalue weighted by atomic mass is 9.78. The predicted molar refractivity (Wildman–Crippen MR) is 93.0 cm³/mol. The minimum absolute atomic E-state index is 0.0186. The van der Waals surface area contributed by atoms with Gasteiger partial charge in [0, 0.05) is 6.54 Å². The molecule has 24 heavy (non-hydrogen) atoms. The normalized spacial score (nSPS) is 19.9. The minimum Gasteiger partial charge on any atom is -0.399 e. The van der Waals surface area contributed by atoms with Crippen molar-refractivity contribution in [3.05, 3.63) is 29.6 Å². The molecule has 0 saturated carbocycles. The first-order valence-corrected chi connectivity index (χ1v) is 9.52. The average molecular weight is 357 g/mol. The molecule has 5 nitrogen and oxygen atoms in total. The molecule has 8 heteroatoms. The van der Waals surface area contributed by atoms with Crippen LogP contribution in [0.2, 0.25) is 0 Å². The van der Waals surface area contributed by atoms with Gasteiger partial charge in [0.2, 0.25) is 10.0 Å². The molecule has 0 unspecified atom stereocenters. The summed E-state index contributed by atoms with van der Waals surface area (Å²) in [5.41, 5.74) is 0.00331. The summed E-state index contributed by atoms with van der Waals surface area (Å²) in [6, 6.07) is 4.36. The molecule has 1 fully saturated rings. The number of sulfonamides is 1. The largest absolute Gasteiger partial charge is 0.494 e. The fraction of sp³-hybridized carbons (Fsp3) is 0.625. The lowest BCUT2D eigenvalue weighted by Gasteiger charge is -2.32. The Morgan fingerprint density at radius 1 is 1.12 bits per heavy atom. The van der Waals surface area contributed by atoms with Crippen molar-refractivity contribution in [2.45, 2.75) is 64.5 Å². The van der Waals surface area contributed by atoms with Crippen molar-refractivity contribution in [3.63, 3.8) is 0 Å². The number of rotatable bonds is 5. The van der Waals surface area contributed by atoms with Gasteiger partial charge >= 0.3 is 7.12 Å². The third kappa shape index (κ3) is 3.99. The van der Waals surface area contributed by atoms with Crippen molar-refractivity contribution in [2.75, 3.05) is 0 Å². The summed E-state index contributed by atoms with van der Waals surface area (Å²) >= 11 is 0. The van der Waals surface area contributed by atoms with Crippen molar-refractivity contribution >= 4 is 22.6 Å². The molecule has 134 valence electrons. The second-order valence-electron chi connectivity index (χ2n) is 7.40. The van der Waals surface area contributed by atoms with Crippen LogP contribution in [0.15, 0.2) is 18.2 Å². The highest BCUT2D eigenvalue weighted by Crippen LogP contribution is 2.36. The van der Waals surface area contributed by atoms with Crippen LogP contribution in [-0.2, 0) is 25.9 Å². The third-order valence-electron chi connectivity index (χ3n) is 4.60. The van der Waals surface area contributed by atoms with Crippen molar-refractivity contribution < 1.29 is 22.1 Å². The van der Waals surface area contributed by atoms with E-state index in [2.05, 4.69) is 4.72 Å². The van der Waals surface area contributed by atoms with Crippen molar-refractivity contribution in [2.24, 2.45) is 0 Å². The highest BCUT2D eigenvalue weighted by molar-refractivity contribution is 7.90. The zero-order chi connectivity index (χ0) is 18.3. The van der Waals surface area contributed by atoms with Gasteiger partial charge in [0.15, 0.2) is 0 Å². The fourth-order valence-electron chi connectivity index (χ4n) is 2.24. The maximum atomic E-state index is 14.0. The van der Waals surface area contributed by atoms with E-state index in [-0.39, 0.29) is 6.54 Å².